The molecule has 2 N–H and O–H groups in total. The Balaban J connectivity index is 1.75. The van der Waals surface area contributed by atoms with Crippen LogP contribution in [0.25, 0.3) is 0 Å². The quantitative estimate of drug-likeness (QED) is 0.806. The van der Waals surface area contributed by atoms with Crippen LogP contribution in [0.3, 0.4) is 0 Å². The SMILES string of the molecule is CN1CCC(N2CCc3c(N)cc(Br)cc3C2)CC1. The Bertz CT molecular complexity index is 467. The average Bonchev–Trinajstić information content (AvgIpc) is 2.38. The largest absolute Gasteiger partial charge is 0.398 e. The summed E-state index contributed by atoms with van der Waals surface area (Å²) in [6.07, 6.45) is 3.70. The number of nitrogens with two attached hydrogens (primary N) is 1. The lowest BCUT2D eigenvalue weighted by Crippen LogP contribution is -2.45. The molecule has 19 heavy (non-hydrogen) atoms. The van der Waals surface area contributed by atoms with E-state index in [4.69, 9.17) is 5.73 Å². The molecule has 4 heteroatoms. The summed E-state index contributed by atoms with van der Waals surface area (Å²) in [4.78, 5) is 5.09. The summed E-state index contributed by atoms with van der Waals surface area (Å²) in [5, 5.41) is 0. The monoisotopic (exact) mass is 323 g/mol. The molecule has 1 aromatic rings. The summed E-state index contributed by atoms with van der Waals surface area (Å²) < 4.78 is 1.11. The van der Waals surface area contributed by atoms with Crippen molar-refractivity contribution >= 4 is 21.6 Å². The Hall–Kier alpha value is -0.580. The number of nitrogen functional groups attached to an aromatic ring is 1. The molecule has 0 bridgehead atoms. The van der Waals surface area contributed by atoms with Gasteiger partial charge in [-0.25, -0.2) is 0 Å². The lowest BCUT2D eigenvalue weighted by atomic mass is 9.94. The molecular weight excluding hydrogens is 302 g/mol. The Kier molecular flexibility index (Phi) is 3.83. The maximum Gasteiger partial charge on any atom is 0.0361 e. The lowest BCUT2D eigenvalue weighted by Gasteiger charge is -2.40. The minimum absolute atomic E-state index is 0.754. The molecule has 2 aliphatic rings. The van der Waals surface area contributed by atoms with Crippen molar-refractivity contribution in [3.8, 4) is 0 Å². The van der Waals surface area contributed by atoms with E-state index < -0.39 is 0 Å². The number of benzene rings is 1. The third kappa shape index (κ3) is 2.81. The van der Waals surface area contributed by atoms with Gasteiger partial charge in [0, 0.05) is 29.3 Å². The van der Waals surface area contributed by atoms with Gasteiger partial charge in [-0.15, -0.1) is 0 Å². The number of piperidine rings is 1. The number of hydrogen-bond acceptors (Lipinski definition) is 3. The number of nitrogens with zero attached hydrogens (tertiary/aromatic N) is 2. The molecule has 0 saturated carbocycles. The number of halogens is 1. The molecule has 0 spiro atoms. The molecule has 1 fully saturated rings. The highest BCUT2D eigenvalue weighted by Crippen LogP contribution is 2.30. The zero-order valence-electron chi connectivity index (χ0n) is 11.5. The first kappa shape index (κ1) is 13.4. The molecule has 0 radical (unpaired) electrons. The van der Waals surface area contributed by atoms with E-state index in [1.807, 2.05) is 6.07 Å². The molecule has 2 heterocycles. The number of anilines is 1. The Labute approximate surface area is 123 Å². The first-order chi connectivity index (χ1) is 9.13. The van der Waals surface area contributed by atoms with Crippen LogP contribution in [0, 0.1) is 0 Å². The first-order valence-electron chi connectivity index (χ1n) is 7.13. The number of fused-ring (bicyclic) bond motifs is 1. The van der Waals surface area contributed by atoms with E-state index in [2.05, 4.69) is 38.8 Å². The van der Waals surface area contributed by atoms with E-state index >= 15 is 0 Å². The summed E-state index contributed by atoms with van der Waals surface area (Å²) in [6, 6.07) is 5.03. The maximum atomic E-state index is 6.13. The van der Waals surface area contributed by atoms with Crippen molar-refractivity contribution in [3.05, 3.63) is 27.7 Å². The predicted octanol–water partition coefficient (Wildman–Crippen LogP) is 2.48. The van der Waals surface area contributed by atoms with E-state index in [-0.39, 0.29) is 0 Å². The molecule has 1 saturated heterocycles. The number of rotatable bonds is 1. The van der Waals surface area contributed by atoms with Crippen LogP contribution < -0.4 is 5.73 Å². The van der Waals surface area contributed by atoms with E-state index in [0.717, 1.165) is 35.7 Å². The van der Waals surface area contributed by atoms with Gasteiger partial charge in [0.25, 0.3) is 0 Å². The summed E-state index contributed by atoms with van der Waals surface area (Å²) in [5.74, 6) is 0. The molecule has 3 nitrogen and oxygen atoms in total. The van der Waals surface area contributed by atoms with Crippen molar-refractivity contribution in [1.29, 1.82) is 0 Å². The molecule has 0 aromatic heterocycles. The molecule has 3 rings (SSSR count). The summed E-state index contributed by atoms with van der Waals surface area (Å²) in [5.41, 5.74) is 9.86. The molecule has 2 aliphatic heterocycles. The third-order valence-electron chi connectivity index (χ3n) is 4.57. The minimum atomic E-state index is 0.754. The van der Waals surface area contributed by atoms with Crippen molar-refractivity contribution in [3.63, 3.8) is 0 Å². The maximum absolute atomic E-state index is 6.13. The highest BCUT2D eigenvalue weighted by Gasteiger charge is 2.27. The molecule has 0 unspecified atom stereocenters. The number of likely N-dealkylation sites (tertiary alicyclic amines) is 1. The van der Waals surface area contributed by atoms with Crippen LogP contribution in [0.15, 0.2) is 16.6 Å². The smallest absolute Gasteiger partial charge is 0.0361 e. The van der Waals surface area contributed by atoms with Crippen LogP contribution in [0.4, 0.5) is 5.69 Å². The van der Waals surface area contributed by atoms with Crippen molar-refractivity contribution in [2.45, 2.75) is 31.8 Å². The summed E-state index contributed by atoms with van der Waals surface area (Å²) in [6.45, 7) is 4.68. The standard InChI is InChI=1S/C15H22BrN3/c1-18-5-2-13(3-6-18)19-7-4-14-11(10-19)8-12(16)9-15(14)17/h8-9,13H,2-7,10,17H2,1H3. The van der Waals surface area contributed by atoms with Crippen LogP contribution in [0.5, 0.6) is 0 Å². The molecular formula is C15H22BrN3. The highest BCUT2D eigenvalue weighted by atomic mass is 79.9. The molecule has 1 aromatic carbocycles. The van der Waals surface area contributed by atoms with Gasteiger partial charge in [0.05, 0.1) is 0 Å². The number of hydrogen-bond donors (Lipinski definition) is 1. The van der Waals surface area contributed by atoms with Crippen molar-refractivity contribution in [2.24, 2.45) is 0 Å². The second kappa shape index (κ2) is 5.43. The van der Waals surface area contributed by atoms with Crippen LogP contribution >= 0.6 is 15.9 Å². The summed E-state index contributed by atoms with van der Waals surface area (Å²) in [7, 11) is 2.22. The van der Waals surface area contributed by atoms with E-state index in [1.54, 1.807) is 0 Å². The van der Waals surface area contributed by atoms with E-state index in [9.17, 15) is 0 Å². The van der Waals surface area contributed by atoms with Gasteiger partial charge in [-0.2, -0.15) is 0 Å². The minimum Gasteiger partial charge on any atom is -0.398 e. The fourth-order valence-corrected chi connectivity index (χ4v) is 3.91. The second-order valence-corrected chi connectivity index (χ2v) is 6.80. The Morgan fingerprint density at radius 3 is 2.68 bits per heavy atom. The van der Waals surface area contributed by atoms with Crippen LogP contribution in [-0.4, -0.2) is 42.5 Å². The van der Waals surface area contributed by atoms with Gasteiger partial charge in [0.15, 0.2) is 0 Å². The van der Waals surface area contributed by atoms with Crippen LogP contribution in [0.2, 0.25) is 0 Å². The van der Waals surface area contributed by atoms with Crippen LogP contribution in [-0.2, 0) is 13.0 Å². The second-order valence-electron chi connectivity index (χ2n) is 5.89. The first-order valence-corrected chi connectivity index (χ1v) is 7.92. The Morgan fingerprint density at radius 1 is 1.21 bits per heavy atom. The molecule has 0 atom stereocenters. The predicted molar refractivity (Wildman–Crippen MR) is 83.2 cm³/mol. The van der Waals surface area contributed by atoms with Gasteiger partial charge in [0.2, 0.25) is 0 Å². The van der Waals surface area contributed by atoms with Gasteiger partial charge in [-0.05, 0) is 62.7 Å². The third-order valence-corrected chi connectivity index (χ3v) is 5.03. The Morgan fingerprint density at radius 2 is 1.95 bits per heavy atom. The van der Waals surface area contributed by atoms with Gasteiger partial charge in [-0.1, -0.05) is 15.9 Å². The topological polar surface area (TPSA) is 32.5 Å². The lowest BCUT2D eigenvalue weighted by molar-refractivity contribution is 0.110. The molecule has 0 amide bonds. The van der Waals surface area contributed by atoms with Crippen LogP contribution in [0.1, 0.15) is 24.0 Å². The molecule has 104 valence electrons. The highest BCUT2D eigenvalue weighted by molar-refractivity contribution is 9.10. The van der Waals surface area contributed by atoms with E-state index in [1.165, 1.54) is 37.1 Å². The van der Waals surface area contributed by atoms with Crippen molar-refractivity contribution < 1.29 is 0 Å². The average molecular weight is 324 g/mol. The van der Waals surface area contributed by atoms with Gasteiger partial charge < -0.3 is 10.6 Å². The van der Waals surface area contributed by atoms with Crippen molar-refractivity contribution in [1.82, 2.24) is 9.80 Å². The normalized spacial score (nSPS) is 22.4. The summed E-state index contributed by atoms with van der Waals surface area (Å²) >= 11 is 3.56. The fourth-order valence-electron chi connectivity index (χ4n) is 3.39. The zero-order chi connectivity index (χ0) is 13.4. The van der Waals surface area contributed by atoms with Gasteiger partial charge in [-0.3, -0.25) is 4.90 Å². The van der Waals surface area contributed by atoms with Gasteiger partial charge >= 0.3 is 0 Å². The van der Waals surface area contributed by atoms with E-state index in [0.29, 0.717) is 0 Å². The van der Waals surface area contributed by atoms with Gasteiger partial charge in [0.1, 0.15) is 0 Å². The molecule has 0 aliphatic carbocycles. The zero-order valence-corrected chi connectivity index (χ0v) is 13.1. The fraction of sp³-hybridized carbons (Fsp3) is 0.600. The van der Waals surface area contributed by atoms with Crippen molar-refractivity contribution in [2.75, 3.05) is 32.4 Å².